The van der Waals surface area contributed by atoms with Gasteiger partial charge in [0, 0.05) is 25.5 Å². The predicted molar refractivity (Wildman–Crippen MR) is 72.3 cm³/mol. The number of rotatable bonds is 6. The Balaban J connectivity index is 1.95. The van der Waals surface area contributed by atoms with Gasteiger partial charge in [-0.1, -0.05) is 30.3 Å². The molecule has 0 bridgehead atoms. The van der Waals surface area contributed by atoms with Crippen molar-refractivity contribution in [2.24, 2.45) is 0 Å². The molecule has 0 amide bonds. The van der Waals surface area contributed by atoms with Crippen LogP contribution in [-0.2, 0) is 23.3 Å². The molecule has 1 aromatic heterocycles. The average molecular weight is 280 g/mol. The molecule has 6 nitrogen and oxygen atoms in total. The van der Waals surface area contributed by atoms with Crippen LogP contribution in [0.1, 0.15) is 11.3 Å². The molecule has 0 aliphatic heterocycles. The minimum atomic E-state index is -3.50. The summed E-state index contributed by atoms with van der Waals surface area (Å²) in [7, 11) is -1.96. The van der Waals surface area contributed by atoms with Gasteiger partial charge < -0.3 is 4.98 Å². The van der Waals surface area contributed by atoms with E-state index < -0.39 is 10.2 Å². The van der Waals surface area contributed by atoms with Gasteiger partial charge in [-0.15, -0.1) is 0 Å². The smallest absolute Gasteiger partial charge is 0.279 e. The van der Waals surface area contributed by atoms with Gasteiger partial charge in [-0.2, -0.15) is 17.4 Å². The third-order valence-electron chi connectivity index (χ3n) is 2.66. The first kappa shape index (κ1) is 13.7. The van der Waals surface area contributed by atoms with Gasteiger partial charge >= 0.3 is 0 Å². The van der Waals surface area contributed by atoms with Gasteiger partial charge in [-0.25, -0.2) is 4.98 Å². The maximum atomic E-state index is 12.0. The molecule has 2 N–H and O–H groups in total. The largest absolute Gasteiger partial charge is 0.347 e. The molecule has 0 unspecified atom stereocenters. The molecule has 0 atom stereocenters. The number of aromatic nitrogens is 2. The number of nitrogens with zero attached hydrogens (tertiary/aromatic N) is 2. The summed E-state index contributed by atoms with van der Waals surface area (Å²) in [4.78, 5) is 6.67. The molecule has 19 heavy (non-hydrogen) atoms. The lowest BCUT2D eigenvalue weighted by Crippen LogP contribution is -2.37. The van der Waals surface area contributed by atoms with Crippen molar-refractivity contribution in [1.29, 1.82) is 0 Å². The zero-order valence-corrected chi connectivity index (χ0v) is 11.4. The fraction of sp³-hybridized carbons (Fsp3) is 0.250. The summed E-state index contributed by atoms with van der Waals surface area (Å²) >= 11 is 0. The van der Waals surface area contributed by atoms with Crippen molar-refractivity contribution < 1.29 is 8.42 Å². The quantitative estimate of drug-likeness (QED) is 0.824. The second-order valence-corrected chi connectivity index (χ2v) is 6.01. The summed E-state index contributed by atoms with van der Waals surface area (Å²) in [5.74, 6) is 0. The number of nitrogens with one attached hydrogen (secondary N) is 2. The standard InChI is InChI=1S/C12H16N4O2S/c1-16(9-11-5-3-2-4-6-11)19(17,18)15-8-12-7-13-10-14-12/h2-7,10,15H,8-9H2,1H3,(H,13,14). The van der Waals surface area contributed by atoms with Crippen LogP contribution in [-0.4, -0.2) is 29.7 Å². The Morgan fingerprint density at radius 2 is 2.05 bits per heavy atom. The summed E-state index contributed by atoms with van der Waals surface area (Å²) in [6.07, 6.45) is 3.09. The van der Waals surface area contributed by atoms with E-state index in [-0.39, 0.29) is 6.54 Å². The second kappa shape index (κ2) is 5.96. The third kappa shape index (κ3) is 3.88. The topological polar surface area (TPSA) is 78.1 Å². The van der Waals surface area contributed by atoms with Crippen LogP contribution in [0, 0.1) is 0 Å². The van der Waals surface area contributed by atoms with Crippen molar-refractivity contribution in [2.45, 2.75) is 13.1 Å². The number of hydrogen-bond donors (Lipinski definition) is 2. The molecule has 0 radical (unpaired) electrons. The zero-order chi connectivity index (χ0) is 13.7. The number of hydrogen-bond acceptors (Lipinski definition) is 3. The van der Waals surface area contributed by atoms with Crippen molar-refractivity contribution in [2.75, 3.05) is 7.05 Å². The third-order valence-corrected chi connectivity index (χ3v) is 4.12. The normalized spacial score (nSPS) is 11.9. The molecule has 0 spiro atoms. The summed E-state index contributed by atoms with van der Waals surface area (Å²) in [6.45, 7) is 0.528. The molecule has 0 aliphatic rings. The highest BCUT2D eigenvalue weighted by Crippen LogP contribution is 2.06. The van der Waals surface area contributed by atoms with Gasteiger partial charge in [-0.3, -0.25) is 0 Å². The van der Waals surface area contributed by atoms with Crippen LogP contribution in [0.25, 0.3) is 0 Å². The molecule has 0 aliphatic carbocycles. The van der Waals surface area contributed by atoms with Gasteiger partial charge in [-0.05, 0) is 5.56 Å². The zero-order valence-electron chi connectivity index (χ0n) is 10.6. The SMILES string of the molecule is CN(Cc1ccccc1)S(=O)(=O)NCc1cnc[nH]1. The first-order valence-electron chi connectivity index (χ1n) is 5.80. The highest BCUT2D eigenvalue weighted by Gasteiger charge is 2.17. The van der Waals surface area contributed by atoms with E-state index in [9.17, 15) is 8.42 Å². The van der Waals surface area contributed by atoms with E-state index in [1.807, 2.05) is 30.3 Å². The van der Waals surface area contributed by atoms with Gasteiger partial charge in [0.05, 0.1) is 12.9 Å². The molecular weight excluding hydrogens is 264 g/mol. The monoisotopic (exact) mass is 280 g/mol. The lowest BCUT2D eigenvalue weighted by Gasteiger charge is -2.17. The highest BCUT2D eigenvalue weighted by atomic mass is 32.2. The molecule has 1 heterocycles. The van der Waals surface area contributed by atoms with Crippen molar-refractivity contribution in [3.63, 3.8) is 0 Å². The molecule has 0 saturated carbocycles. The number of aromatic amines is 1. The van der Waals surface area contributed by atoms with Crippen molar-refractivity contribution in [3.8, 4) is 0 Å². The van der Waals surface area contributed by atoms with Crippen molar-refractivity contribution in [1.82, 2.24) is 19.0 Å². The van der Waals surface area contributed by atoms with Gasteiger partial charge in [0.15, 0.2) is 0 Å². The van der Waals surface area contributed by atoms with Gasteiger partial charge in [0.2, 0.25) is 0 Å². The number of benzene rings is 1. The summed E-state index contributed by atoms with van der Waals surface area (Å²) in [5.41, 5.74) is 1.66. The van der Waals surface area contributed by atoms with Gasteiger partial charge in [0.25, 0.3) is 10.2 Å². The summed E-state index contributed by atoms with van der Waals surface area (Å²) in [6, 6.07) is 9.44. The van der Waals surface area contributed by atoms with Gasteiger partial charge in [0.1, 0.15) is 0 Å². The highest BCUT2D eigenvalue weighted by molar-refractivity contribution is 7.87. The molecule has 2 rings (SSSR count). The molecule has 2 aromatic rings. The Morgan fingerprint density at radius 1 is 1.32 bits per heavy atom. The lowest BCUT2D eigenvalue weighted by molar-refractivity contribution is 0.454. The maximum absolute atomic E-state index is 12.0. The van der Waals surface area contributed by atoms with Crippen LogP contribution in [0.15, 0.2) is 42.9 Å². The Morgan fingerprint density at radius 3 is 2.68 bits per heavy atom. The van der Waals surface area contributed by atoms with E-state index in [0.29, 0.717) is 6.54 Å². The maximum Gasteiger partial charge on any atom is 0.279 e. The van der Waals surface area contributed by atoms with Crippen LogP contribution in [0.4, 0.5) is 0 Å². The van der Waals surface area contributed by atoms with Crippen LogP contribution < -0.4 is 4.72 Å². The fourth-order valence-electron chi connectivity index (χ4n) is 1.59. The summed E-state index contributed by atoms with van der Waals surface area (Å²) in [5, 5.41) is 0. The van der Waals surface area contributed by atoms with E-state index in [1.165, 1.54) is 10.6 Å². The minimum absolute atomic E-state index is 0.196. The van der Waals surface area contributed by atoms with Crippen LogP contribution in [0.3, 0.4) is 0 Å². The number of imidazole rings is 1. The van der Waals surface area contributed by atoms with Crippen LogP contribution in [0.5, 0.6) is 0 Å². The molecule has 1 aromatic carbocycles. The Bertz CT molecular complexity index is 596. The van der Waals surface area contributed by atoms with Crippen LogP contribution in [0.2, 0.25) is 0 Å². The number of H-pyrrole nitrogens is 1. The Kier molecular flexibility index (Phi) is 4.31. The molecule has 0 saturated heterocycles. The molecular formula is C12H16N4O2S. The Hall–Kier alpha value is -1.70. The van der Waals surface area contributed by atoms with Crippen molar-refractivity contribution >= 4 is 10.2 Å². The van der Waals surface area contributed by atoms with Crippen LogP contribution >= 0.6 is 0 Å². The molecule has 7 heteroatoms. The van der Waals surface area contributed by atoms with E-state index in [0.717, 1.165) is 11.3 Å². The van der Waals surface area contributed by atoms with E-state index in [1.54, 1.807) is 13.2 Å². The first-order chi connectivity index (χ1) is 9.08. The molecule has 0 fully saturated rings. The van der Waals surface area contributed by atoms with Crippen molar-refractivity contribution in [3.05, 3.63) is 54.1 Å². The van der Waals surface area contributed by atoms with E-state index in [2.05, 4.69) is 14.7 Å². The molecule has 102 valence electrons. The van der Waals surface area contributed by atoms with E-state index in [4.69, 9.17) is 0 Å². The minimum Gasteiger partial charge on any atom is -0.347 e. The lowest BCUT2D eigenvalue weighted by atomic mass is 10.2. The second-order valence-electron chi connectivity index (χ2n) is 4.14. The first-order valence-corrected chi connectivity index (χ1v) is 7.24. The fourth-order valence-corrected chi connectivity index (χ4v) is 2.46. The Labute approximate surface area is 112 Å². The predicted octanol–water partition coefficient (Wildman–Crippen LogP) is 0.876. The average Bonchev–Trinajstić information content (AvgIpc) is 2.91. The summed E-state index contributed by atoms with van der Waals surface area (Å²) < 4.78 is 27.8. The van der Waals surface area contributed by atoms with E-state index >= 15 is 0 Å².